The van der Waals surface area contributed by atoms with Crippen LogP contribution in [0.2, 0.25) is 0 Å². The number of hydrogen-bond donors (Lipinski definition) is 1. The lowest BCUT2D eigenvalue weighted by molar-refractivity contribution is 1.25. The molecule has 0 aliphatic heterocycles. The van der Waals surface area contributed by atoms with E-state index in [2.05, 4.69) is 21.9 Å². The molecule has 0 bridgehead atoms. The van der Waals surface area contributed by atoms with Gasteiger partial charge in [-0.2, -0.15) is 0 Å². The van der Waals surface area contributed by atoms with Gasteiger partial charge in [0.1, 0.15) is 0 Å². The van der Waals surface area contributed by atoms with Crippen LogP contribution in [0.25, 0.3) is 11.2 Å². The molecule has 0 atom stereocenters. The fourth-order valence-electron chi connectivity index (χ4n) is 1.11. The summed E-state index contributed by atoms with van der Waals surface area (Å²) in [4.78, 5) is 11.3. The summed E-state index contributed by atoms with van der Waals surface area (Å²) in [5, 5.41) is 0. The Labute approximate surface area is 78.2 Å². The van der Waals surface area contributed by atoms with E-state index in [1.165, 1.54) is 11.1 Å². The first-order valence-corrected chi connectivity index (χ1v) is 4.54. The second-order valence-electron chi connectivity index (χ2n) is 2.67. The van der Waals surface area contributed by atoms with Crippen molar-refractivity contribution in [3.05, 3.63) is 23.7 Å². The number of aryl methyl sites for hydroxylation is 2. The fourth-order valence-corrected chi connectivity index (χ4v) is 1.11. The summed E-state index contributed by atoms with van der Waals surface area (Å²) in [6.45, 7) is 8.11. The van der Waals surface area contributed by atoms with E-state index < -0.39 is 0 Å². The Morgan fingerprint density at radius 1 is 1.15 bits per heavy atom. The zero-order valence-electron chi connectivity index (χ0n) is 8.55. The zero-order valence-corrected chi connectivity index (χ0v) is 8.55. The molecule has 0 aromatic carbocycles. The summed E-state index contributed by atoms with van der Waals surface area (Å²) < 4.78 is 0. The lowest BCUT2D eigenvalue weighted by atomic mass is 10.2. The first-order chi connectivity index (χ1) is 6.29. The summed E-state index contributed by atoms with van der Waals surface area (Å²) in [6, 6.07) is 0. The molecule has 1 N–H and O–H groups in total. The predicted octanol–water partition coefficient (Wildman–Crippen LogP) is 2.60. The summed E-state index contributed by atoms with van der Waals surface area (Å²) in [5.41, 5.74) is 4.27. The third-order valence-corrected chi connectivity index (χ3v) is 1.97. The van der Waals surface area contributed by atoms with Crippen LogP contribution in [0.5, 0.6) is 0 Å². The van der Waals surface area contributed by atoms with Gasteiger partial charge in [0.05, 0.1) is 11.8 Å². The van der Waals surface area contributed by atoms with E-state index in [-0.39, 0.29) is 0 Å². The third kappa shape index (κ3) is 1.69. The standard InChI is InChI=1S/C8H9N3.C2H6/c1-5-3-9-8-7(6(5)2)10-4-11-8;1-2/h3-4H,1-2H3,(H,9,10,11);1-2H3. The molecule has 2 rings (SSSR count). The van der Waals surface area contributed by atoms with E-state index in [1.54, 1.807) is 6.33 Å². The molecule has 0 radical (unpaired) electrons. The Kier molecular flexibility index (Phi) is 3.01. The lowest BCUT2D eigenvalue weighted by Crippen LogP contribution is -1.85. The maximum Gasteiger partial charge on any atom is 0.177 e. The van der Waals surface area contributed by atoms with Gasteiger partial charge in [-0.25, -0.2) is 9.97 Å². The molecule has 0 unspecified atom stereocenters. The first-order valence-electron chi connectivity index (χ1n) is 4.54. The van der Waals surface area contributed by atoms with Crippen LogP contribution in [0.1, 0.15) is 25.0 Å². The van der Waals surface area contributed by atoms with E-state index in [1.807, 2.05) is 27.0 Å². The molecule has 0 aliphatic rings. The van der Waals surface area contributed by atoms with Crippen molar-refractivity contribution in [2.45, 2.75) is 27.7 Å². The van der Waals surface area contributed by atoms with Crippen molar-refractivity contribution in [1.29, 1.82) is 0 Å². The van der Waals surface area contributed by atoms with Gasteiger partial charge >= 0.3 is 0 Å². The molecular formula is C10H15N3. The third-order valence-electron chi connectivity index (χ3n) is 1.97. The van der Waals surface area contributed by atoms with Gasteiger partial charge in [-0.3, -0.25) is 0 Å². The molecule has 0 spiro atoms. The Hall–Kier alpha value is -1.38. The lowest BCUT2D eigenvalue weighted by Gasteiger charge is -1.97. The Bertz CT molecular complexity index is 390. The topological polar surface area (TPSA) is 41.6 Å². The maximum absolute atomic E-state index is 4.16. The Morgan fingerprint density at radius 2 is 1.85 bits per heavy atom. The molecule has 70 valence electrons. The molecule has 3 heteroatoms. The second-order valence-corrected chi connectivity index (χ2v) is 2.67. The SMILES string of the molecule is CC.Cc1cnc2nc[nH]c2c1C. The zero-order chi connectivity index (χ0) is 9.84. The number of pyridine rings is 1. The molecule has 2 aromatic rings. The van der Waals surface area contributed by atoms with Gasteiger partial charge in [0, 0.05) is 6.20 Å². The molecule has 2 heterocycles. The number of rotatable bonds is 0. The number of fused-ring (bicyclic) bond motifs is 1. The van der Waals surface area contributed by atoms with Crippen LogP contribution in [0.3, 0.4) is 0 Å². The van der Waals surface area contributed by atoms with Crippen molar-refractivity contribution >= 4 is 11.2 Å². The van der Waals surface area contributed by atoms with Gasteiger partial charge in [-0.05, 0) is 25.0 Å². The number of nitrogens with zero attached hydrogens (tertiary/aromatic N) is 2. The first kappa shape index (κ1) is 9.71. The largest absolute Gasteiger partial charge is 0.343 e. The van der Waals surface area contributed by atoms with Gasteiger partial charge in [0.2, 0.25) is 0 Å². The highest BCUT2D eigenvalue weighted by molar-refractivity contribution is 5.74. The van der Waals surface area contributed by atoms with E-state index in [4.69, 9.17) is 0 Å². The minimum atomic E-state index is 0.799. The van der Waals surface area contributed by atoms with E-state index in [9.17, 15) is 0 Å². The molecule has 0 amide bonds. The number of hydrogen-bond acceptors (Lipinski definition) is 2. The summed E-state index contributed by atoms with van der Waals surface area (Å²) >= 11 is 0. The van der Waals surface area contributed by atoms with Crippen LogP contribution in [0.4, 0.5) is 0 Å². The number of H-pyrrole nitrogens is 1. The smallest absolute Gasteiger partial charge is 0.177 e. The second kappa shape index (κ2) is 4.03. The Morgan fingerprint density at radius 3 is 2.54 bits per heavy atom. The monoisotopic (exact) mass is 177 g/mol. The van der Waals surface area contributed by atoms with Crippen LogP contribution < -0.4 is 0 Å². The van der Waals surface area contributed by atoms with Crippen molar-refractivity contribution in [3.8, 4) is 0 Å². The van der Waals surface area contributed by atoms with Gasteiger partial charge < -0.3 is 4.98 Å². The molecule has 0 saturated carbocycles. The van der Waals surface area contributed by atoms with Crippen LogP contribution in [-0.2, 0) is 0 Å². The molecule has 0 aliphatic carbocycles. The average molecular weight is 177 g/mol. The quantitative estimate of drug-likeness (QED) is 0.672. The van der Waals surface area contributed by atoms with Crippen LogP contribution >= 0.6 is 0 Å². The predicted molar refractivity (Wildman–Crippen MR) is 54.7 cm³/mol. The maximum atomic E-state index is 4.16. The molecule has 2 aromatic heterocycles. The Balaban J connectivity index is 0.000000396. The van der Waals surface area contributed by atoms with Crippen molar-refractivity contribution in [3.63, 3.8) is 0 Å². The fraction of sp³-hybridized carbons (Fsp3) is 0.400. The highest BCUT2D eigenvalue weighted by Crippen LogP contribution is 2.14. The van der Waals surface area contributed by atoms with Gasteiger partial charge in [0.15, 0.2) is 5.65 Å². The van der Waals surface area contributed by atoms with Gasteiger partial charge in [-0.15, -0.1) is 0 Å². The van der Waals surface area contributed by atoms with Crippen molar-refractivity contribution in [2.75, 3.05) is 0 Å². The molecule has 0 saturated heterocycles. The van der Waals surface area contributed by atoms with Gasteiger partial charge in [-0.1, -0.05) is 13.8 Å². The van der Waals surface area contributed by atoms with E-state index >= 15 is 0 Å². The van der Waals surface area contributed by atoms with Crippen LogP contribution in [0.15, 0.2) is 12.5 Å². The highest BCUT2D eigenvalue weighted by Gasteiger charge is 2.01. The molecule has 13 heavy (non-hydrogen) atoms. The van der Waals surface area contributed by atoms with E-state index in [0.29, 0.717) is 0 Å². The number of nitrogens with one attached hydrogen (secondary N) is 1. The number of aromatic nitrogens is 3. The summed E-state index contributed by atoms with van der Waals surface area (Å²) in [6.07, 6.45) is 3.52. The molecule has 0 fully saturated rings. The van der Waals surface area contributed by atoms with E-state index in [0.717, 1.165) is 11.2 Å². The summed E-state index contributed by atoms with van der Waals surface area (Å²) in [7, 11) is 0. The number of aromatic amines is 1. The molecular weight excluding hydrogens is 162 g/mol. The molecule has 3 nitrogen and oxygen atoms in total. The highest BCUT2D eigenvalue weighted by atomic mass is 14.9. The van der Waals surface area contributed by atoms with Gasteiger partial charge in [0.25, 0.3) is 0 Å². The average Bonchev–Trinajstić information content (AvgIpc) is 2.63. The van der Waals surface area contributed by atoms with Crippen LogP contribution in [0, 0.1) is 13.8 Å². The van der Waals surface area contributed by atoms with Crippen LogP contribution in [-0.4, -0.2) is 15.0 Å². The van der Waals surface area contributed by atoms with Crippen molar-refractivity contribution in [1.82, 2.24) is 15.0 Å². The minimum absolute atomic E-state index is 0.799. The normalized spacial score (nSPS) is 9.54. The number of imidazole rings is 1. The summed E-state index contributed by atoms with van der Waals surface area (Å²) in [5.74, 6) is 0. The van der Waals surface area contributed by atoms with Crippen molar-refractivity contribution in [2.24, 2.45) is 0 Å². The van der Waals surface area contributed by atoms with Crippen molar-refractivity contribution < 1.29 is 0 Å². The minimum Gasteiger partial charge on any atom is -0.343 e.